The first-order valence-corrected chi connectivity index (χ1v) is 8.21. The molecule has 0 saturated heterocycles. The van der Waals surface area contributed by atoms with Gasteiger partial charge in [-0.2, -0.15) is 0 Å². The SMILES string of the molecule is CCc1c(F)cc(F)c(F)c1COC(=O)[C@@H]1[C@@H](C=C(Cl)Cl)C1(C)C. The fourth-order valence-corrected chi connectivity index (χ4v) is 3.29. The molecule has 0 radical (unpaired) electrons. The zero-order valence-electron chi connectivity index (χ0n) is 13.4. The minimum Gasteiger partial charge on any atom is -0.460 e. The number of hydrogen-bond donors (Lipinski definition) is 0. The molecule has 1 aromatic rings. The lowest BCUT2D eigenvalue weighted by molar-refractivity contribution is -0.147. The molecule has 2 atom stereocenters. The average molecular weight is 381 g/mol. The number of ether oxygens (including phenoxy) is 1. The van der Waals surface area contributed by atoms with Crippen molar-refractivity contribution in [3.05, 3.63) is 45.2 Å². The van der Waals surface area contributed by atoms with Crippen LogP contribution in [0.5, 0.6) is 0 Å². The summed E-state index contributed by atoms with van der Waals surface area (Å²) in [6.07, 6.45) is 1.70. The van der Waals surface area contributed by atoms with E-state index in [0.717, 1.165) is 0 Å². The van der Waals surface area contributed by atoms with Gasteiger partial charge in [0.1, 0.15) is 16.9 Å². The second kappa shape index (κ2) is 6.96. The second-order valence-electron chi connectivity index (χ2n) is 6.35. The van der Waals surface area contributed by atoms with E-state index in [1.807, 2.05) is 13.8 Å². The Balaban J connectivity index is 2.15. The minimum atomic E-state index is -1.31. The number of benzene rings is 1. The number of carbonyl (C=O) groups is 1. The van der Waals surface area contributed by atoms with Crippen LogP contribution in [0.25, 0.3) is 0 Å². The maximum Gasteiger partial charge on any atom is 0.310 e. The van der Waals surface area contributed by atoms with Crippen molar-refractivity contribution in [2.45, 2.75) is 33.8 Å². The number of halogens is 5. The molecule has 2 nitrogen and oxygen atoms in total. The van der Waals surface area contributed by atoms with Crippen LogP contribution in [0.2, 0.25) is 0 Å². The van der Waals surface area contributed by atoms with Crippen molar-refractivity contribution >= 4 is 29.2 Å². The third kappa shape index (κ3) is 3.57. The largest absolute Gasteiger partial charge is 0.460 e. The molecule has 0 bridgehead atoms. The van der Waals surface area contributed by atoms with Gasteiger partial charge in [-0.15, -0.1) is 0 Å². The lowest BCUT2D eigenvalue weighted by atomic mass is 10.0. The van der Waals surface area contributed by atoms with Crippen LogP contribution in [0.15, 0.2) is 16.6 Å². The smallest absolute Gasteiger partial charge is 0.310 e. The Labute approximate surface area is 148 Å². The molecule has 0 aromatic heterocycles. The molecule has 1 saturated carbocycles. The molecule has 0 unspecified atom stereocenters. The molecule has 0 heterocycles. The molecule has 24 heavy (non-hydrogen) atoms. The van der Waals surface area contributed by atoms with Crippen molar-refractivity contribution in [2.75, 3.05) is 0 Å². The monoisotopic (exact) mass is 380 g/mol. The summed E-state index contributed by atoms with van der Waals surface area (Å²) in [6.45, 7) is 4.77. The molecule has 1 aromatic carbocycles. The molecule has 0 amide bonds. The summed E-state index contributed by atoms with van der Waals surface area (Å²) in [5.41, 5.74) is -0.674. The standard InChI is InChI=1S/C17H17Cl2F3O2/c1-4-8-9(15(22)12(21)6-11(8)20)7-24-16(23)14-10(5-13(18)19)17(14,2)3/h5-6,10,14H,4,7H2,1-3H3/t10-,14+/m1/s1. The topological polar surface area (TPSA) is 26.3 Å². The number of rotatable bonds is 5. The van der Waals surface area contributed by atoms with Crippen LogP contribution in [0.3, 0.4) is 0 Å². The van der Waals surface area contributed by atoms with E-state index in [0.29, 0.717) is 6.07 Å². The molecule has 0 aliphatic heterocycles. The van der Waals surface area contributed by atoms with Gasteiger partial charge in [-0.05, 0) is 29.4 Å². The molecule has 7 heteroatoms. The second-order valence-corrected chi connectivity index (χ2v) is 7.36. The highest BCUT2D eigenvalue weighted by Crippen LogP contribution is 2.60. The third-order valence-electron chi connectivity index (χ3n) is 4.56. The van der Waals surface area contributed by atoms with Gasteiger partial charge in [0.05, 0.1) is 5.92 Å². The van der Waals surface area contributed by atoms with Gasteiger partial charge in [0.25, 0.3) is 0 Å². The fraction of sp³-hybridized carbons (Fsp3) is 0.471. The van der Waals surface area contributed by atoms with Gasteiger partial charge in [-0.1, -0.05) is 44.0 Å². The van der Waals surface area contributed by atoms with E-state index in [-0.39, 0.29) is 28.0 Å². The molecule has 132 valence electrons. The lowest BCUT2D eigenvalue weighted by Crippen LogP contribution is -2.13. The highest BCUT2D eigenvalue weighted by atomic mass is 35.5. The number of allylic oxidation sites excluding steroid dienone is 1. The maximum absolute atomic E-state index is 13.9. The third-order valence-corrected chi connectivity index (χ3v) is 4.82. The molecule has 1 fully saturated rings. The summed E-state index contributed by atoms with van der Waals surface area (Å²) < 4.78 is 46.2. The molecular formula is C17H17Cl2F3O2. The van der Waals surface area contributed by atoms with Crippen LogP contribution < -0.4 is 0 Å². The minimum absolute atomic E-state index is 0.00277. The molecule has 0 spiro atoms. The lowest BCUT2D eigenvalue weighted by Gasteiger charge is -2.12. The predicted octanol–water partition coefficient (Wildman–Crippen LogP) is 5.30. The number of esters is 1. The van der Waals surface area contributed by atoms with E-state index in [2.05, 4.69) is 0 Å². The summed E-state index contributed by atoms with van der Waals surface area (Å²) in [5.74, 6) is -4.63. The van der Waals surface area contributed by atoms with E-state index in [1.165, 1.54) is 0 Å². The fourth-order valence-electron chi connectivity index (χ4n) is 3.02. The molecule has 1 aliphatic carbocycles. The van der Waals surface area contributed by atoms with Gasteiger partial charge in [0, 0.05) is 11.6 Å². The molecule has 1 aliphatic rings. The van der Waals surface area contributed by atoms with Crippen molar-refractivity contribution in [3.63, 3.8) is 0 Å². The zero-order valence-corrected chi connectivity index (χ0v) is 14.9. The molecule has 0 N–H and O–H groups in total. The quantitative estimate of drug-likeness (QED) is 0.511. The Kier molecular flexibility index (Phi) is 5.55. The van der Waals surface area contributed by atoms with E-state index in [4.69, 9.17) is 27.9 Å². The Morgan fingerprint density at radius 1 is 1.25 bits per heavy atom. The highest BCUT2D eigenvalue weighted by Gasteiger charge is 2.61. The number of carbonyl (C=O) groups excluding carboxylic acids is 1. The van der Waals surface area contributed by atoms with Crippen molar-refractivity contribution < 1.29 is 22.7 Å². The predicted molar refractivity (Wildman–Crippen MR) is 86.0 cm³/mol. The molecule has 2 rings (SSSR count). The average Bonchev–Trinajstić information content (AvgIpc) is 3.00. The van der Waals surface area contributed by atoms with E-state index in [1.54, 1.807) is 13.0 Å². The van der Waals surface area contributed by atoms with Crippen LogP contribution in [-0.2, 0) is 22.6 Å². The normalized spacial score (nSPS) is 21.3. The zero-order chi connectivity index (χ0) is 18.2. The van der Waals surface area contributed by atoms with Crippen LogP contribution in [0.1, 0.15) is 31.9 Å². The van der Waals surface area contributed by atoms with Crippen molar-refractivity contribution in [2.24, 2.45) is 17.3 Å². The van der Waals surface area contributed by atoms with Gasteiger partial charge in [0.2, 0.25) is 0 Å². The highest BCUT2D eigenvalue weighted by molar-refractivity contribution is 6.55. The Hall–Kier alpha value is -1.20. The molecular weight excluding hydrogens is 364 g/mol. The van der Waals surface area contributed by atoms with E-state index < -0.39 is 41.4 Å². The summed E-state index contributed by atoms with van der Waals surface area (Å²) in [4.78, 5) is 12.2. The Morgan fingerprint density at radius 2 is 1.88 bits per heavy atom. The van der Waals surface area contributed by atoms with E-state index in [9.17, 15) is 18.0 Å². The Bertz CT molecular complexity index is 698. The van der Waals surface area contributed by atoms with Gasteiger partial charge < -0.3 is 4.74 Å². The van der Waals surface area contributed by atoms with E-state index >= 15 is 0 Å². The van der Waals surface area contributed by atoms with Crippen molar-refractivity contribution in [1.29, 1.82) is 0 Å². The van der Waals surface area contributed by atoms with Crippen LogP contribution in [0, 0.1) is 34.7 Å². The first-order chi connectivity index (χ1) is 11.1. The first kappa shape index (κ1) is 19.1. The van der Waals surface area contributed by atoms with Crippen molar-refractivity contribution in [3.8, 4) is 0 Å². The van der Waals surface area contributed by atoms with Crippen LogP contribution >= 0.6 is 23.2 Å². The Morgan fingerprint density at radius 3 is 2.42 bits per heavy atom. The van der Waals surface area contributed by atoms with Gasteiger partial charge in [-0.25, -0.2) is 13.2 Å². The number of hydrogen-bond acceptors (Lipinski definition) is 2. The van der Waals surface area contributed by atoms with Gasteiger partial charge >= 0.3 is 5.97 Å². The van der Waals surface area contributed by atoms with Gasteiger partial charge in [0.15, 0.2) is 11.6 Å². The van der Waals surface area contributed by atoms with Crippen molar-refractivity contribution in [1.82, 2.24) is 0 Å². The summed E-state index contributed by atoms with van der Waals surface area (Å²) in [6, 6.07) is 0.493. The summed E-state index contributed by atoms with van der Waals surface area (Å²) in [7, 11) is 0. The van der Waals surface area contributed by atoms with Crippen LogP contribution in [-0.4, -0.2) is 5.97 Å². The summed E-state index contributed by atoms with van der Waals surface area (Å²) >= 11 is 11.2. The first-order valence-electron chi connectivity index (χ1n) is 7.45. The van der Waals surface area contributed by atoms with Crippen LogP contribution in [0.4, 0.5) is 13.2 Å². The summed E-state index contributed by atoms with van der Waals surface area (Å²) in [5, 5.41) is 0. The van der Waals surface area contributed by atoms with Gasteiger partial charge in [-0.3, -0.25) is 4.79 Å². The maximum atomic E-state index is 13.9.